The maximum Gasteiger partial charge on any atom is 0.224 e. The van der Waals surface area contributed by atoms with Crippen molar-refractivity contribution in [2.45, 2.75) is 39.9 Å². The first kappa shape index (κ1) is 16.8. The molecule has 0 atom stereocenters. The van der Waals surface area contributed by atoms with E-state index in [1.807, 2.05) is 34.6 Å². The zero-order valence-corrected chi connectivity index (χ0v) is 15.6. The van der Waals surface area contributed by atoms with Crippen LogP contribution in [0.4, 0.5) is 0 Å². The highest BCUT2D eigenvalue weighted by Gasteiger charge is 2.15. The van der Waals surface area contributed by atoms with Gasteiger partial charge in [0.05, 0.1) is 25.0 Å². The number of aromatic nitrogens is 4. The SMILES string of the molecule is CCn1nc(C)c2c1cnn2CCC(=O)N(C)Cc1ccc(Br)o1. The number of rotatable bonds is 6. The van der Waals surface area contributed by atoms with E-state index in [2.05, 4.69) is 33.1 Å². The molecule has 0 saturated heterocycles. The van der Waals surface area contributed by atoms with E-state index in [-0.39, 0.29) is 5.91 Å². The lowest BCUT2D eigenvalue weighted by molar-refractivity contribution is -0.130. The Kier molecular flexibility index (Phi) is 4.75. The smallest absolute Gasteiger partial charge is 0.224 e. The van der Waals surface area contributed by atoms with Crippen LogP contribution in [0.3, 0.4) is 0 Å². The van der Waals surface area contributed by atoms with E-state index in [9.17, 15) is 4.79 Å². The fourth-order valence-electron chi connectivity index (χ4n) is 2.78. The highest BCUT2D eigenvalue weighted by molar-refractivity contribution is 9.10. The zero-order chi connectivity index (χ0) is 17.3. The van der Waals surface area contributed by atoms with E-state index in [1.54, 1.807) is 11.9 Å². The van der Waals surface area contributed by atoms with Crippen LogP contribution >= 0.6 is 15.9 Å². The van der Waals surface area contributed by atoms with Crippen molar-refractivity contribution < 1.29 is 9.21 Å². The minimum absolute atomic E-state index is 0.0479. The van der Waals surface area contributed by atoms with Crippen LogP contribution in [0.15, 0.2) is 27.4 Å². The first-order chi connectivity index (χ1) is 11.5. The third kappa shape index (κ3) is 3.24. The molecule has 0 unspecified atom stereocenters. The summed E-state index contributed by atoms with van der Waals surface area (Å²) in [5.41, 5.74) is 2.95. The lowest BCUT2D eigenvalue weighted by Gasteiger charge is -2.15. The highest BCUT2D eigenvalue weighted by Crippen LogP contribution is 2.19. The van der Waals surface area contributed by atoms with Crippen LogP contribution in [0, 0.1) is 6.92 Å². The van der Waals surface area contributed by atoms with Gasteiger partial charge in [0.25, 0.3) is 0 Å². The van der Waals surface area contributed by atoms with Crippen LogP contribution in [-0.4, -0.2) is 37.4 Å². The molecule has 128 valence electrons. The number of carbonyl (C=O) groups excluding carboxylic acids is 1. The molecule has 24 heavy (non-hydrogen) atoms. The Labute approximate surface area is 148 Å². The summed E-state index contributed by atoms with van der Waals surface area (Å²) in [5.74, 6) is 0.797. The second kappa shape index (κ2) is 6.80. The molecule has 8 heteroatoms. The zero-order valence-electron chi connectivity index (χ0n) is 14.0. The molecule has 0 saturated carbocycles. The summed E-state index contributed by atoms with van der Waals surface area (Å²) < 4.78 is 9.89. The fourth-order valence-corrected chi connectivity index (χ4v) is 3.12. The standard InChI is InChI=1S/C16H20BrN5O2/c1-4-21-13-9-18-22(16(13)11(2)19-21)8-7-15(23)20(3)10-12-5-6-14(17)24-12/h5-6,9H,4,7-8,10H2,1-3H3. The van der Waals surface area contributed by atoms with Gasteiger partial charge in [0, 0.05) is 20.0 Å². The number of hydrogen-bond donors (Lipinski definition) is 0. The molecule has 3 aromatic rings. The van der Waals surface area contributed by atoms with Crippen LogP contribution in [-0.2, 0) is 24.4 Å². The number of amides is 1. The second-order valence-corrected chi connectivity index (χ2v) is 6.49. The van der Waals surface area contributed by atoms with Crippen molar-refractivity contribution >= 4 is 32.9 Å². The van der Waals surface area contributed by atoms with Crippen molar-refractivity contribution in [2.24, 2.45) is 0 Å². The summed E-state index contributed by atoms with van der Waals surface area (Å²) in [7, 11) is 1.78. The van der Waals surface area contributed by atoms with E-state index >= 15 is 0 Å². The maximum atomic E-state index is 12.3. The van der Waals surface area contributed by atoms with Gasteiger partial charge in [-0.1, -0.05) is 0 Å². The van der Waals surface area contributed by atoms with Gasteiger partial charge in [-0.25, -0.2) is 0 Å². The first-order valence-corrected chi connectivity index (χ1v) is 8.66. The molecule has 3 heterocycles. The summed E-state index contributed by atoms with van der Waals surface area (Å²) >= 11 is 3.26. The molecular formula is C16H20BrN5O2. The minimum atomic E-state index is 0.0479. The van der Waals surface area contributed by atoms with Gasteiger partial charge in [0.2, 0.25) is 5.91 Å². The van der Waals surface area contributed by atoms with Crippen molar-refractivity contribution in [3.63, 3.8) is 0 Å². The lowest BCUT2D eigenvalue weighted by Crippen LogP contribution is -2.27. The number of carbonyl (C=O) groups is 1. The highest BCUT2D eigenvalue weighted by atomic mass is 79.9. The number of fused-ring (bicyclic) bond motifs is 1. The predicted molar refractivity (Wildman–Crippen MR) is 93.4 cm³/mol. The monoisotopic (exact) mass is 393 g/mol. The van der Waals surface area contributed by atoms with Gasteiger partial charge in [0.1, 0.15) is 16.8 Å². The number of hydrogen-bond acceptors (Lipinski definition) is 4. The van der Waals surface area contributed by atoms with Gasteiger partial charge in [-0.05, 0) is 41.9 Å². The third-order valence-electron chi connectivity index (χ3n) is 4.00. The molecule has 3 rings (SSSR count). The average molecular weight is 394 g/mol. The molecule has 0 N–H and O–H groups in total. The Balaban J connectivity index is 1.65. The van der Waals surface area contributed by atoms with Gasteiger partial charge in [-0.3, -0.25) is 14.2 Å². The molecule has 7 nitrogen and oxygen atoms in total. The van der Waals surface area contributed by atoms with E-state index in [1.165, 1.54) is 0 Å². The third-order valence-corrected chi connectivity index (χ3v) is 4.42. The van der Waals surface area contributed by atoms with Crippen molar-refractivity contribution in [1.82, 2.24) is 24.5 Å². The summed E-state index contributed by atoms with van der Waals surface area (Å²) in [6.07, 6.45) is 2.19. The summed E-state index contributed by atoms with van der Waals surface area (Å²) in [4.78, 5) is 14.0. The Bertz CT molecular complexity index is 863. The van der Waals surface area contributed by atoms with E-state index in [0.717, 1.165) is 29.0 Å². The number of aryl methyl sites for hydroxylation is 3. The van der Waals surface area contributed by atoms with Crippen LogP contribution in [0.2, 0.25) is 0 Å². The predicted octanol–water partition coefficient (Wildman–Crippen LogP) is 2.97. The van der Waals surface area contributed by atoms with E-state index in [4.69, 9.17) is 4.42 Å². The minimum Gasteiger partial charge on any atom is -0.452 e. The molecule has 0 radical (unpaired) electrons. The van der Waals surface area contributed by atoms with Crippen molar-refractivity contribution in [2.75, 3.05) is 7.05 Å². The Hall–Kier alpha value is -2.09. The maximum absolute atomic E-state index is 12.3. The lowest BCUT2D eigenvalue weighted by atomic mass is 10.3. The first-order valence-electron chi connectivity index (χ1n) is 7.86. The topological polar surface area (TPSA) is 69.1 Å². The largest absolute Gasteiger partial charge is 0.452 e. The van der Waals surface area contributed by atoms with Gasteiger partial charge in [-0.2, -0.15) is 10.2 Å². The molecule has 0 spiro atoms. The summed E-state index contributed by atoms with van der Waals surface area (Å²) in [6.45, 7) is 5.80. The molecule has 0 aliphatic carbocycles. The molecule has 0 aromatic carbocycles. The average Bonchev–Trinajstić information content (AvgIpc) is 3.23. The van der Waals surface area contributed by atoms with Crippen LogP contribution < -0.4 is 0 Å². The van der Waals surface area contributed by atoms with Gasteiger partial charge in [0.15, 0.2) is 4.67 Å². The second-order valence-electron chi connectivity index (χ2n) is 5.71. The molecular weight excluding hydrogens is 374 g/mol. The quantitative estimate of drug-likeness (QED) is 0.645. The van der Waals surface area contributed by atoms with Crippen molar-refractivity contribution in [3.05, 3.63) is 34.5 Å². The molecule has 0 bridgehead atoms. The Morgan fingerprint density at radius 1 is 1.38 bits per heavy atom. The summed E-state index contributed by atoms with van der Waals surface area (Å²) in [5, 5.41) is 8.90. The van der Waals surface area contributed by atoms with Gasteiger partial charge in [-0.15, -0.1) is 0 Å². The normalized spacial score (nSPS) is 11.3. The number of halogens is 1. The number of furan rings is 1. The molecule has 1 amide bonds. The molecule has 0 aliphatic heterocycles. The fraction of sp³-hybridized carbons (Fsp3) is 0.438. The van der Waals surface area contributed by atoms with Gasteiger partial charge >= 0.3 is 0 Å². The number of nitrogens with zero attached hydrogens (tertiary/aromatic N) is 5. The van der Waals surface area contributed by atoms with Crippen molar-refractivity contribution in [3.8, 4) is 0 Å². The van der Waals surface area contributed by atoms with E-state index < -0.39 is 0 Å². The Morgan fingerprint density at radius 3 is 2.83 bits per heavy atom. The molecule has 3 aromatic heterocycles. The van der Waals surface area contributed by atoms with E-state index in [0.29, 0.717) is 24.2 Å². The van der Waals surface area contributed by atoms with Crippen molar-refractivity contribution in [1.29, 1.82) is 0 Å². The summed E-state index contributed by atoms with van der Waals surface area (Å²) in [6, 6.07) is 3.68. The van der Waals surface area contributed by atoms with Gasteiger partial charge < -0.3 is 9.32 Å². The van der Waals surface area contributed by atoms with Crippen LogP contribution in [0.5, 0.6) is 0 Å². The molecule has 0 fully saturated rings. The Morgan fingerprint density at radius 2 is 2.17 bits per heavy atom. The molecule has 0 aliphatic rings. The van der Waals surface area contributed by atoms with Crippen LogP contribution in [0.25, 0.3) is 11.0 Å². The van der Waals surface area contributed by atoms with Crippen LogP contribution in [0.1, 0.15) is 24.8 Å².